The molecule has 0 bridgehead atoms. The molecule has 0 radical (unpaired) electrons. The Kier molecular flexibility index (Phi) is 8.01. The van der Waals surface area contributed by atoms with Crippen molar-refractivity contribution in [1.29, 1.82) is 0 Å². The summed E-state index contributed by atoms with van der Waals surface area (Å²) in [5.41, 5.74) is 0.638. The highest BCUT2D eigenvalue weighted by Crippen LogP contribution is 2.42. The summed E-state index contributed by atoms with van der Waals surface area (Å²) in [7, 11) is 4.61. The summed E-state index contributed by atoms with van der Waals surface area (Å²) in [5, 5.41) is 3.18. The minimum Gasteiger partial charge on any atom is -0.493 e. The average molecular weight is 434 g/mol. The molecule has 0 aliphatic carbocycles. The van der Waals surface area contributed by atoms with Crippen LogP contribution in [0, 0.1) is 5.92 Å². The number of carbonyl (C=O) groups excluding carboxylic acids is 2. The first-order valence-corrected chi connectivity index (χ1v) is 11.1. The number of hydrogen-bond acceptors (Lipinski definition) is 6. The summed E-state index contributed by atoms with van der Waals surface area (Å²) < 4.78 is 16.1. The van der Waals surface area contributed by atoms with E-state index in [1.165, 1.54) is 34.2 Å². The molecule has 8 heteroatoms. The molecule has 2 fully saturated rings. The van der Waals surface area contributed by atoms with Crippen molar-refractivity contribution in [3.8, 4) is 17.2 Å². The first-order valence-electron chi connectivity index (χ1n) is 11.1. The van der Waals surface area contributed by atoms with Gasteiger partial charge in [0.1, 0.15) is 0 Å². The molecule has 1 atom stereocenters. The third-order valence-corrected chi connectivity index (χ3v) is 6.22. The molecule has 1 aromatic rings. The van der Waals surface area contributed by atoms with E-state index < -0.39 is 0 Å². The Morgan fingerprint density at radius 2 is 1.74 bits per heavy atom. The third-order valence-electron chi connectivity index (χ3n) is 6.22. The zero-order chi connectivity index (χ0) is 22.4. The normalized spacial score (nSPS) is 20.1. The monoisotopic (exact) mass is 433 g/mol. The molecular formula is C23H35N3O5. The first-order chi connectivity index (χ1) is 15.0. The second kappa shape index (κ2) is 10.7. The maximum absolute atomic E-state index is 12.9. The number of ether oxygens (including phenoxy) is 3. The van der Waals surface area contributed by atoms with Gasteiger partial charge in [-0.15, -0.1) is 0 Å². The van der Waals surface area contributed by atoms with E-state index in [1.807, 2.05) is 0 Å². The van der Waals surface area contributed by atoms with Crippen molar-refractivity contribution >= 4 is 17.5 Å². The summed E-state index contributed by atoms with van der Waals surface area (Å²) in [6.45, 7) is 5.73. The van der Waals surface area contributed by atoms with Crippen LogP contribution in [0.4, 0.5) is 5.69 Å². The van der Waals surface area contributed by atoms with Crippen molar-refractivity contribution in [2.75, 3.05) is 52.4 Å². The molecule has 0 saturated carbocycles. The van der Waals surface area contributed by atoms with Crippen molar-refractivity contribution in [3.05, 3.63) is 12.1 Å². The van der Waals surface area contributed by atoms with Crippen LogP contribution in [0.1, 0.15) is 39.0 Å². The predicted molar refractivity (Wildman–Crippen MR) is 119 cm³/mol. The number of piperidine rings is 1. The van der Waals surface area contributed by atoms with Gasteiger partial charge in [-0.25, -0.2) is 0 Å². The quantitative estimate of drug-likeness (QED) is 0.644. The van der Waals surface area contributed by atoms with Crippen molar-refractivity contribution < 1.29 is 23.8 Å². The largest absolute Gasteiger partial charge is 0.493 e. The van der Waals surface area contributed by atoms with E-state index in [-0.39, 0.29) is 30.2 Å². The van der Waals surface area contributed by atoms with Gasteiger partial charge >= 0.3 is 0 Å². The van der Waals surface area contributed by atoms with E-state index in [9.17, 15) is 9.59 Å². The van der Waals surface area contributed by atoms with Crippen molar-refractivity contribution in [1.82, 2.24) is 10.2 Å². The van der Waals surface area contributed by atoms with E-state index >= 15 is 0 Å². The van der Waals surface area contributed by atoms with Crippen molar-refractivity contribution in [3.63, 3.8) is 0 Å². The standard InChI is InChI=1S/C23H35N3O5/c1-5-6-9-25-10-7-17(8-11-25)24-23(28)16-12-21(27)26(15-16)18-13-19(29-2)22(31-4)20(14-18)30-3/h13-14,16-17H,5-12,15H2,1-4H3,(H,24,28). The zero-order valence-electron chi connectivity index (χ0n) is 19.1. The van der Waals surface area contributed by atoms with Gasteiger partial charge in [0, 0.05) is 44.2 Å². The van der Waals surface area contributed by atoms with Gasteiger partial charge in [-0.3, -0.25) is 9.59 Å². The fourth-order valence-corrected chi connectivity index (χ4v) is 4.36. The summed E-state index contributed by atoms with van der Waals surface area (Å²) in [5.74, 6) is 0.962. The molecule has 2 saturated heterocycles. The fourth-order valence-electron chi connectivity index (χ4n) is 4.36. The number of nitrogens with one attached hydrogen (secondary N) is 1. The van der Waals surface area contributed by atoms with Gasteiger partial charge in [0.05, 0.1) is 32.9 Å². The SMILES string of the molecule is CCCCN1CCC(NC(=O)C2CC(=O)N(c3cc(OC)c(OC)c(OC)c3)C2)CC1. The van der Waals surface area contributed by atoms with Crippen LogP contribution in [0.3, 0.4) is 0 Å². The fraction of sp³-hybridized carbons (Fsp3) is 0.652. The summed E-state index contributed by atoms with van der Waals surface area (Å²) in [4.78, 5) is 29.7. The number of anilines is 1. The molecule has 3 rings (SSSR count). The lowest BCUT2D eigenvalue weighted by Gasteiger charge is -2.32. The lowest BCUT2D eigenvalue weighted by Crippen LogP contribution is -2.46. The smallest absolute Gasteiger partial charge is 0.227 e. The van der Waals surface area contributed by atoms with Gasteiger partial charge in [-0.05, 0) is 25.8 Å². The average Bonchev–Trinajstić information content (AvgIpc) is 3.19. The minimum atomic E-state index is -0.357. The molecule has 0 aromatic heterocycles. The maximum atomic E-state index is 12.9. The van der Waals surface area contributed by atoms with Crippen LogP contribution in [0.2, 0.25) is 0 Å². The number of benzene rings is 1. The number of amides is 2. The Labute approximate surface area is 184 Å². The first kappa shape index (κ1) is 23.2. The number of carbonyl (C=O) groups is 2. The van der Waals surface area contributed by atoms with Crippen LogP contribution in [-0.4, -0.2) is 70.3 Å². The molecule has 1 aromatic carbocycles. The van der Waals surface area contributed by atoms with Gasteiger partial charge < -0.3 is 29.3 Å². The lowest BCUT2D eigenvalue weighted by atomic mass is 10.0. The molecule has 0 spiro atoms. The molecule has 172 valence electrons. The highest BCUT2D eigenvalue weighted by atomic mass is 16.5. The zero-order valence-corrected chi connectivity index (χ0v) is 19.1. The third kappa shape index (κ3) is 5.42. The number of nitrogens with zero attached hydrogens (tertiary/aromatic N) is 2. The molecule has 2 aliphatic rings. The number of likely N-dealkylation sites (tertiary alicyclic amines) is 1. The van der Waals surface area contributed by atoms with Crippen molar-refractivity contribution in [2.45, 2.75) is 45.1 Å². The number of rotatable bonds is 9. The van der Waals surface area contributed by atoms with E-state index in [0.717, 1.165) is 32.5 Å². The molecule has 2 aliphatic heterocycles. The van der Waals surface area contributed by atoms with Crippen molar-refractivity contribution in [2.24, 2.45) is 5.92 Å². The Balaban J connectivity index is 1.61. The molecule has 2 amide bonds. The Morgan fingerprint density at radius 3 is 2.29 bits per heavy atom. The van der Waals surface area contributed by atoms with E-state index in [4.69, 9.17) is 14.2 Å². The molecule has 2 heterocycles. The molecular weight excluding hydrogens is 398 g/mol. The van der Waals surface area contributed by atoms with Gasteiger partial charge in [0.15, 0.2) is 11.5 Å². The number of methoxy groups -OCH3 is 3. The lowest BCUT2D eigenvalue weighted by molar-refractivity contribution is -0.127. The van der Waals surface area contributed by atoms with Crippen LogP contribution in [-0.2, 0) is 9.59 Å². The molecule has 1 unspecified atom stereocenters. The van der Waals surface area contributed by atoms with Gasteiger partial charge in [-0.1, -0.05) is 13.3 Å². The number of hydrogen-bond donors (Lipinski definition) is 1. The Hall–Kier alpha value is -2.48. The van der Waals surface area contributed by atoms with E-state index in [2.05, 4.69) is 17.1 Å². The summed E-state index contributed by atoms with van der Waals surface area (Å²) in [6.07, 6.45) is 4.56. The second-order valence-corrected chi connectivity index (χ2v) is 8.27. The van der Waals surface area contributed by atoms with Gasteiger partial charge in [0.2, 0.25) is 17.6 Å². The van der Waals surface area contributed by atoms with Crippen LogP contribution in [0.15, 0.2) is 12.1 Å². The number of unbranched alkanes of at least 4 members (excludes halogenated alkanes) is 1. The van der Waals surface area contributed by atoms with E-state index in [1.54, 1.807) is 17.0 Å². The second-order valence-electron chi connectivity index (χ2n) is 8.27. The van der Waals surface area contributed by atoms with Gasteiger partial charge in [-0.2, -0.15) is 0 Å². The summed E-state index contributed by atoms with van der Waals surface area (Å²) >= 11 is 0. The highest BCUT2D eigenvalue weighted by molar-refractivity contribution is 6.00. The van der Waals surface area contributed by atoms with E-state index in [0.29, 0.717) is 29.5 Å². The topological polar surface area (TPSA) is 80.3 Å². The summed E-state index contributed by atoms with van der Waals surface area (Å²) in [6, 6.07) is 3.67. The van der Waals surface area contributed by atoms with Crippen LogP contribution < -0.4 is 24.4 Å². The molecule has 8 nitrogen and oxygen atoms in total. The van der Waals surface area contributed by atoms with Crippen LogP contribution in [0.5, 0.6) is 17.2 Å². The minimum absolute atomic E-state index is 0.0321. The Bertz CT molecular complexity index is 751. The van der Waals surface area contributed by atoms with Crippen LogP contribution >= 0.6 is 0 Å². The van der Waals surface area contributed by atoms with Gasteiger partial charge in [0.25, 0.3) is 0 Å². The maximum Gasteiger partial charge on any atom is 0.227 e. The van der Waals surface area contributed by atoms with Crippen LogP contribution in [0.25, 0.3) is 0 Å². The Morgan fingerprint density at radius 1 is 1.10 bits per heavy atom. The highest BCUT2D eigenvalue weighted by Gasteiger charge is 2.37. The molecule has 31 heavy (non-hydrogen) atoms. The molecule has 1 N–H and O–H groups in total. The predicted octanol–water partition coefficient (Wildman–Crippen LogP) is 2.45.